The molecular formula is C14H17N3O2S. The molecule has 5 nitrogen and oxygen atoms in total. The van der Waals surface area contributed by atoms with Gasteiger partial charge in [0.15, 0.2) is 0 Å². The van der Waals surface area contributed by atoms with Gasteiger partial charge in [-0.3, -0.25) is 9.59 Å². The van der Waals surface area contributed by atoms with Crippen LogP contribution in [0, 0.1) is 0 Å². The first-order valence-corrected chi connectivity index (χ1v) is 7.74. The number of nitrogens with one attached hydrogen (secondary N) is 1. The quantitative estimate of drug-likeness (QED) is 0.865. The molecule has 2 aliphatic rings. The smallest absolute Gasteiger partial charge is 0.242 e. The number of carbonyl (C=O) groups excluding carboxylic acids is 2. The summed E-state index contributed by atoms with van der Waals surface area (Å²) < 4.78 is 0. The Bertz CT molecular complexity index is 535. The number of hydrogen-bond donors (Lipinski definition) is 1. The molecule has 0 aliphatic carbocycles. The molecule has 1 aromatic carbocycles. The molecule has 106 valence electrons. The zero-order valence-electron chi connectivity index (χ0n) is 11.2. The lowest BCUT2D eigenvalue weighted by atomic mass is 10.2. The zero-order valence-corrected chi connectivity index (χ0v) is 12.0. The molecule has 1 N–H and O–H groups in total. The van der Waals surface area contributed by atoms with E-state index in [4.69, 9.17) is 0 Å². The van der Waals surface area contributed by atoms with E-state index in [1.807, 2.05) is 23.9 Å². The Morgan fingerprint density at radius 2 is 2.15 bits per heavy atom. The normalized spacial score (nSPS) is 18.5. The molecule has 0 unspecified atom stereocenters. The number of rotatable bonds is 2. The van der Waals surface area contributed by atoms with E-state index in [9.17, 15) is 9.59 Å². The number of thioether (sulfide) groups is 1. The fourth-order valence-electron chi connectivity index (χ4n) is 2.51. The minimum absolute atomic E-state index is 0.0292. The number of carbonyl (C=O) groups is 2. The van der Waals surface area contributed by atoms with Gasteiger partial charge in [-0.25, -0.2) is 0 Å². The second kappa shape index (κ2) is 5.75. The molecule has 6 heteroatoms. The predicted molar refractivity (Wildman–Crippen MR) is 79.0 cm³/mol. The van der Waals surface area contributed by atoms with Gasteiger partial charge in [-0.15, -0.1) is 11.8 Å². The highest BCUT2D eigenvalue weighted by molar-refractivity contribution is 7.99. The molecule has 1 saturated heterocycles. The Hall–Kier alpha value is -1.69. The van der Waals surface area contributed by atoms with Gasteiger partial charge in [0.05, 0.1) is 18.8 Å². The maximum atomic E-state index is 12.3. The largest absolute Gasteiger partial charge is 0.360 e. The van der Waals surface area contributed by atoms with Crippen molar-refractivity contribution in [1.82, 2.24) is 10.2 Å². The number of anilines is 1. The predicted octanol–water partition coefficient (Wildman–Crippen LogP) is 0.557. The Labute approximate surface area is 122 Å². The highest BCUT2D eigenvalue weighted by Crippen LogP contribution is 2.34. The van der Waals surface area contributed by atoms with Crippen LogP contribution in [0.3, 0.4) is 0 Å². The van der Waals surface area contributed by atoms with Crippen LogP contribution in [-0.4, -0.2) is 55.2 Å². The molecule has 0 spiro atoms. The maximum Gasteiger partial charge on any atom is 0.242 e. The third-order valence-corrected chi connectivity index (χ3v) is 4.58. The SMILES string of the molecule is O=C1CN(C(=O)CN2CCSc3ccccc32)CCN1. The Morgan fingerprint density at radius 3 is 3.00 bits per heavy atom. The van der Waals surface area contributed by atoms with Crippen molar-refractivity contribution in [2.45, 2.75) is 4.90 Å². The van der Waals surface area contributed by atoms with Crippen molar-refractivity contribution in [1.29, 1.82) is 0 Å². The summed E-state index contributed by atoms with van der Waals surface area (Å²) in [5.41, 5.74) is 1.12. The van der Waals surface area contributed by atoms with Gasteiger partial charge >= 0.3 is 0 Å². The molecule has 0 bridgehead atoms. The molecule has 0 atom stereocenters. The lowest BCUT2D eigenvalue weighted by Crippen LogP contribution is -2.52. The van der Waals surface area contributed by atoms with Crippen LogP contribution in [0.4, 0.5) is 5.69 Å². The third-order valence-electron chi connectivity index (χ3n) is 3.54. The highest BCUT2D eigenvalue weighted by Gasteiger charge is 2.25. The zero-order chi connectivity index (χ0) is 13.9. The molecule has 0 saturated carbocycles. The summed E-state index contributed by atoms with van der Waals surface area (Å²) in [6, 6.07) is 8.16. The first kappa shape index (κ1) is 13.3. The van der Waals surface area contributed by atoms with E-state index < -0.39 is 0 Å². The van der Waals surface area contributed by atoms with Crippen LogP contribution in [-0.2, 0) is 9.59 Å². The van der Waals surface area contributed by atoms with E-state index in [0.29, 0.717) is 19.6 Å². The number of nitrogens with zero attached hydrogens (tertiary/aromatic N) is 2. The van der Waals surface area contributed by atoms with Crippen molar-refractivity contribution >= 4 is 29.3 Å². The topological polar surface area (TPSA) is 52.7 Å². The van der Waals surface area contributed by atoms with Gasteiger partial charge in [0.2, 0.25) is 11.8 Å². The fraction of sp³-hybridized carbons (Fsp3) is 0.429. The van der Waals surface area contributed by atoms with Gasteiger partial charge in [0, 0.05) is 30.3 Å². The van der Waals surface area contributed by atoms with Crippen LogP contribution in [0.25, 0.3) is 0 Å². The number of hydrogen-bond acceptors (Lipinski definition) is 4. The molecule has 0 aromatic heterocycles. The van der Waals surface area contributed by atoms with E-state index in [-0.39, 0.29) is 18.4 Å². The van der Waals surface area contributed by atoms with E-state index >= 15 is 0 Å². The number of amides is 2. The second-order valence-corrected chi connectivity index (χ2v) is 6.04. The molecule has 2 amide bonds. The summed E-state index contributed by atoms with van der Waals surface area (Å²) in [6.07, 6.45) is 0. The van der Waals surface area contributed by atoms with Crippen LogP contribution in [0.2, 0.25) is 0 Å². The van der Waals surface area contributed by atoms with Crippen LogP contribution >= 0.6 is 11.8 Å². The molecule has 3 rings (SSSR count). The number of benzene rings is 1. The Kier molecular flexibility index (Phi) is 3.82. The number of fused-ring (bicyclic) bond motifs is 1. The molecule has 1 fully saturated rings. The van der Waals surface area contributed by atoms with E-state index in [0.717, 1.165) is 18.0 Å². The van der Waals surface area contributed by atoms with Gasteiger partial charge in [-0.1, -0.05) is 12.1 Å². The summed E-state index contributed by atoms with van der Waals surface area (Å²) in [6.45, 7) is 2.56. The first-order valence-electron chi connectivity index (χ1n) is 6.75. The first-order chi connectivity index (χ1) is 9.74. The van der Waals surface area contributed by atoms with Gasteiger partial charge in [-0.05, 0) is 12.1 Å². The van der Waals surface area contributed by atoms with Gasteiger partial charge < -0.3 is 15.1 Å². The second-order valence-electron chi connectivity index (χ2n) is 4.90. The van der Waals surface area contributed by atoms with Crippen LogP contribution in [0.1, 0.15) is 0 Å². The van der Waals surface area contributed by atoms with Crippen molar-refractivity contribution in [2.75, 3.05) is 43.4 Å². The van der Waals surface area contributed by atoms with Crippen molar-refractivity contribution in [2.24, 2.45) is 0 Å². The molecular weight excluding hydrogens is 274 g/mol. The van der Waals surface area contributed by atoms with Crippen molar-refractivity contribution < 1.29 is 9.59 Å². The summed E-state index contributed by atoms with van der Waals surface area (Å²) in [5, 5.41) is 2.74. The summed E-state index contributed by atoms with van der Waals surface area (Å²) in [7, 11) is 0. The molecule has 0 radical (unpaired) electrons. The van der Waals surface area contributed by atoms with Crippen molar-refractivity contribution in [3.05, 3.63) is 24.3 Å². The Morgan fingerprint density at radius 1 is 1.30 bits per heavy atom. The van der Waals surface area contributed by atoms with Gasteiger partial charge in [0.25, 0.3) is 0 Å². The summed E-state index contributed by atoms with van der Waals surface area (Å²) in [5.74, 6) is 0.950. The Balaban J connectivity index is 1.69. The lowest BCUT2D eigenvalue weighted by molar-refractivity contribution is -0.137. The molecule has 1 aromatic rings. The third kappa shape index (κ3) is 2.75. The van der Waals surface area contributed by atoms with E-state index in [2.05, 4.69) is 22.3 Å². The molecule has 2 heterocycles. The van der Waals surface area contributed by atoms with E-state index in [1.165, 1.54) is 4.90 Å². The van der Waals surface area contributed by atoms with Crippen molar-refractivity contribution in [3.63, 3.8) is 0 Å². The van der Waals surface area contributed by atoms with Crippen LogP contribution in [0.5, 0.6) is 0 Å². The lowest BCUT2D eigenvalue weighted by Gasteiger charge is -2.33. The van der Waals surface area contributed by atoms with Crippen LogP contribution < -0.4 is 10.2 Å². The fourth-order valence-corrected chi connectivity index (χ4v) is 3.56. The van der Waals surface area contributed by atoms with Gasteiger partial charge in [0.1, 0.15) is 0 Å². The number of piperazine rings is 1. The highest BCUT2D eigenvalue weighted by atomic mass is 32.2. The summed E-state index contributed by atoms with van der Waals surface area (Å²) in [4.78, 5) is 28.6. The maximum absolute atomic E-state index is 12.3. The summed E-state index contributed by atoms with van der Waals surface area (Å²) >= 11 is 1.82. The number of para-hydroxylation sites is 1. The van der Waals surface area contributed by atoms with Crippen molar-refractivity contribution in [3.8, 4) is 0 Å². The van der Waals surface area contributed by atoms with Gasteiger partial charge in [-0.2, -0.15) is 0 Å². The van der Waals surface area contributed by atoms with E-state index in [1.54, 1.807) is 4.90 Å². The molecule has 20 heavy (non-hydrogen) atoms. The monoisotopic (exact) mass is 291 g/mol. The molecule has 2 aliphatic heterocycles. The minimum Gasteiger partial charge on any atom is -0.360 e. The minimum atomic E-state index is -0.0702. The average molecular weight is 291 g/mol. The standard InChI is InChI=1S/C14H17N3O2S/c18-13-9-17(6-5-15-13)14(19)10-16-7-8-20-12-4-2-1-3-11(12)16/h1-4H,5-10H2,(H,15,18). The van der Waals surface area contributed by atoms with Crippen LogP contribution in [0.15, 0.2) is 29.2 Å². The average Bonchev–Trinajstić information content (AvgIpc) is 2.47.